The van der Waals surface area contributed by atoms with Crippen LogP contribution in [0.2, 0.25) is 0 Å². The van der Waals surface area contributed by atoms with E-state index >= 15 is 0 Å². The molecule has 0 aliphatic heterocycles. The smallest absolute Gasteiger partial charge is 0.344 e. The lowest BCUT2D eigenvalue weighted by Crippen LogP contribution is -2.27. The van der Waals surface area contributed by atoms with Crippen molar-refractivity contribution in [2.75, 3.05) is 20.8 Å². The number of carbonyl (C=O) groups excluding carboxylic acids is 1. The highest BCUT2D eigenvalue weighted by Crippen LogP contribution is 2.42. The number of hydrogen-bond acceptors (Lipinski definition) is 6. The quantitative estimate of drug-likeness (QED) is 0.342. The molecule has 8 heteroatoms. The van der Waals surface area contributed by atoms with Gasteiger partial charge in [0, 0.05) is 22.8 Å². The number of benzene rings is 1. The number of nitrogens with zero attached hydrogens (tertiary/aromatic N) is 1. The molecule has 0 aliphatic carbocycles. The maximum atomic E-state index is 11.9. The number of pyridine rings is 1. The highest BCUT2D eigenvalue weighted by molar-refractivity contribution is 9.08. The lowest BCUT2D eigenvalue weighted by Gasteiger charge is -2.20. The number of esters is 1. The van der Waals surface area contributed by atoms with Gasteiger partial charge in [-0.2, -0.15) is 0 Å². The van der Waals surface area contributed by atoms with Gasteiger partial charge in [-0.15, -0.1) is 0 Å². The Kier molecular flexibility index (Phi) is 8.34. The van der Waals surface area contributed by atoms with Crippen molar-refractivity contribution in [3.63, 3.8) is 0 Å². The Hall–Kier alpha value is -1.80. The number of rotatable bonds is 8. The molecule has 0 saturated heterocycles. The molecule has 0 atom stereocenters. The Morgan fingerprint density at radius 3 is 1.90 bits per heavy atom. The number of carbonyl (C=O) groups is 1. The summed E-state index contributed by atoms with van der Waals surface area (Å²) in [6, 6.07) is 7.40. The van der Waals surface area contributed by atoms with E-state index < -0.39 is 11.6 Å². The van der Waals surface area contributed by atoms with Crippen LogP contribution < -0.4 is 14.2 Å². The van der Waals surface area contributed by atoms with Crippen LogP contribution in [0.3, 0.4) is 0 Å². The van der Waals surface area contributed by atoms with Crippen LogP contribution in [0, 0.1) is 0 Å². The molecule has 0 radical (unpaired) electrons. The van der Waals surface area contributed by atoms with Gasteiger partial charge < -0.3 is 18.9 Å². The predicted molar refractivity (Wildman–Crippen MR) is 119 cm³/mol. The molecule has 0 saturated carbocycles. The van der Waals surface area contributed by atoms with Gasteiger partial charge in [-0.1, -0.05) is 31.9 Å². The minimum atomic E-state index is -0.568. The first-order chi connectivity index (χ1) is 13.7. The average molecular weight is 531 g/mol. The Labute approximate surface area is 188 Å². The van der Waals surface area contributed by atoms with Gasteiger partial charge in [-0.25, -0.2) is 4.79 Å². The zero-order valence-electron chi connectivity index (χ0n) is 17.2. The van der Waals surface area contributed by atoms with Crippen LogP contribution in [-0.2, 0) is 20.2 Å². The number of ether oxygens (including phenoxy) is 4. The largest absolute Gasteiger partial charge is 0.496 e. The van der Waals surface area contributed by atoms with E-state index in [9.17, 15) is 4.79 Å². The number of hydrogen-bond donors (Lipinski definition) is 0. The van der Waals surface area contributed by atoms with Gasteiger partial charge in [0.2, 0.25) is 0 Å². The van der Waals surface area contributed by atoms with Gasteiger partial charge in [0.05, 0.1) is 31.2 Å². The topological polar surface area (TPSA) is 66.9 Å². The average Bonchev–Trinajstić information content (AvgIpc) is 2.69. The minimum Gasteiger partial charge on any atom is -0.496 e. The first-order valence-corrected chi connectivity index (χ1v) is 11.2. The summed E-state index contributed by atoms with van der Waals surface area (Å²) in [5.74, 6) is 1.13. The molecular weight excluding hydrogens is 506 g/mol. The molecular formula is C21H25Br2NO5. The standard InChI is InChI=1S/C21H25Br2NO5/c1-21(2,3)29-19(25)12-28-16-8-17(26-4)20(18(9-16)27-5)13-6-14(10-22)24-15(7-13)11-23/h6-9H,10-12H2,1-5H3. The van der Waals surface area contributed by atoms with E-state index in [1.165, 1.54) is 0 Å². The molecule has 0 fully saturated rings. The SMILES string of the molecule is COc1cc(OCC(=O)OC(C)(C)C)cc(OC)c1-c1cc(CBr)nc(CBr)c1. The van der Waals surface area contributed by atoms with E-state index in [1.807, 2.05) is 32.9 Å². The third-order valence-corrected chi connectivity index (χ3v) is 4.90. The van der Waals surface area contributed by atoms with Gasteiger partial charge in [0.15, 0.2) is 6.61 Å². The van der Waals surface area contributed by atoms with Crippen LogP contribution >= 0.6 is 31.9 Å². The number of aromatic nitrogens is 1. The van der Waals surface area contributed by atoms with Crippen molar-refractivity contribution in [3.8, 4) is 28.4 Å². The van der Waals surface area contributed by atoms with Crippen molar-refractivity contribution < 1.29 is 23.7 Å². The summed E-state index contributed by atoms with van der Waals surface area (Å²) in [5, 5.41) is 1.26. The van der Waals surface area contributed by atoms with Gasteiger partial charge in [-0.05, 0) is 38.5 Å². The second-order valence-electron chi connectivity index (χ2n) is 7.18. The molecule has 1 aromatic carbocycles. The van der Waals surface area contributed by atoms with Crippen LogP contribution in [0.4, 0.5) is 0 Å². The zero-order valence-corrected chi connectivity index (χ0v) is 20.3. The molecule has 29 heavy (non-hydrogen) atoms. The summed E-state index contributed by atoms with van der Waals surface area (Å²) in [6.07, 6.45) is 0. The van der Waals surface area contributed by atoms with Crippen LogP contribution in [-0.4, -0.2) is 37.4 Å². The summed E-state index contributed by atoms with van der Waals surface area (Å²) in [5.41, 5.74) is 2.92. The van der Waals surface area contributed by atoms with E-state index in [-0.39, 0.29) is 6.61 Å². The molecule has 6 nitrogen and oxygen atoms in total. The van der Waals surface area contributed by atoms with Gasteiger partial charge >= 0.3 is 5.97 Å². The molecule has 2 aromatic rings. The number of alkyl halides is 2. The fourth-order valence-corrected chi connectivity index (χ4v) is 3.27. The van der Waals surface area contributed by atoms with Crippen molar-refractivity contribution >= 4 is 37.8 Å². The highest BCUT2D eigenvalue weighted by Gasteiger charge is 2.19. The van der Waals surface area contributed by atoms with Gasteiger partial charge in [0.25, 0.3) is 0 Å². The summed E-state index contributed by atoms with van der Waals surface area (Å²) in [7, 11) is 3.15. The van der Waals surface area contributed by atoms with E-state index in [0.717, 1.165) is 22.5 Å². The summed E-state index contributed by atoms with van der Waals surface area (Å²) in [4.78, 5) is 16.5. The van der Waals surface area contributed by atoms with Crippen molar-refractivity contribution in [2.24, 2.45) is 0 Å². The third kappa shape index (κ3) is 6.60. The molecule has 1 heterocycles. The molecule has 0 bridgehead atoms. The number of halogens is 2. The molecule has 0 N–H and O–H groups in total. The first kappa shape index (κ1) is 23.5. The Morgan fingerprint density at radius 1 is 0.966 bits per heavy atom. The molecule has 0 amide bonds. The Morgan fingerprint density at radius 2 is 1.48 bits per heavy atom. The van der Waals surface area contributed by atoms with E-state index in [1.54, 1.807) is 26.4 Å². The maximum absolute atomic E-state index is 11.9. The molecule has 158 valence electrons. The molecule has 1 aromatic heterocycles. The summed E-state index contributed by atoms with van der Waals surface area (Å²) < 4.78 is 22.1. The second-order valence-corrected chi connectivity index (χ2v) is 8.31. The van der Waals surface area contributed by atoms with Gasteiger partial charge in [0.1, 0.15) is 22.8 Å². The van der Waals surface area contributed by atoms with E-state index in [4.69, 9.17) is 18.9 Å². The lowest BCUT2D eigenvalue weighted by molar-refractivity contribution is -0.157. The van der Waals surface area contributed by atoms with Crippen LogP contribution in [0.15, 0.2) is 24.3 Å². The summed E-state index contributed by atoms with van der Waals surface area (Å²) >= 11 is 6.92. The molecule has 2 rings (SSSR count). The predicted octanol–water partition coefficient (Wildman–Crippen LogP) is 5.28. The molecule has 0 unspecified atom stereocenters. The van der Waals surface area contributed by atoms with Crippen molar-refractivity contribution in [1.29, 1.82) is 0 Å². The second kappa shape index (κ2) is 10.3. The van der Waals surface area contributed by atoms with Crippen molar-refractivity contribution in [3.05, 3.63) is 35.7 Å². The monoisotopic (exact) mass is 529 g/mol. The van der Waals surface area contributed by atoms with E-state index in [2.05, 4.69) is 36.8 Å². The van der Waals surface area contributed by atoms with Gasteiger partial charge in [-0.3, -0.25) is 4.98 Å². The van der Waals surface area contributed by atoms with Crippen molar-refractivity contribution in [2.45, 2.75) is 37.0 Å². The first-order valence-electron chi connectivity index (χ1n) is 8.93. The number of methoxy groups -OCH3 is 2. The molecule has 0 aliphatic rings. The lowest BCUT2D eigenvalue weighted by atomic mass is 10.0. The van der Waals surface area contributed by atoms with Crippen LogP contribution in [0.5, 0.6) is 17.2 Å². The fourth-order valence-electron chi connectivity index (χ4n) is 2.70. The summed E-state index contributed by atoms with van der Waals surface area (Å²) in [6.45, 7) is 5.22. The normalized spacial score (nSPS) is 11.1. The Balaban J connectivity index is 2.39. The highest BCUT2D eigenvalue weighted by atomic mass is 79.9. The molecule has 0 spiro atoms. The third-order valence-electron chi connectivity index (χ3n) is 3.75. The van der Waals surface area contributed by atoms with E-state index in [0.29, 0.717) is 27.9 Å². The minimum absolute atomic E-state index is 0.209. The van der Waals surface area contributed by atoms with Crippen LogP contribution in [0.1, 0.15) is 32.2 Å². The maximum Gasteiger partial charge on any atom is 0.344 e. The Bertz CT molecular complexity index is 817. The van der Waals surface area contributed by atoms with Crippen molar-refractivity contribution in [1.82, 2.24) is 4.98 Å². The fraction of sp³-hybridized carbons (Fsp3) is 0.429. The van der Waals surface area contributed by atoms with Crippen LogP contribution in [0.25, 0.3) is 11.1 Å². The zero-order chi connectivity index (χ0) is 21.6.